The van der Waals surface area contributed by atoms with Crippen molar-refractivity contribution in [2.24, 2.45) is 5.92 Å². The molecule has 0 aromatic carbocycles. The molecule has 1 N–H and O–H groups in total. The van der Waals surface area contributed by atoms with E-state index >= 15 is 0 Å². The Labute approximate surface area is 107 Å². The van der Waals surface area contributed by atoms with E-state index in [-0.39, 0.29) is 0 Å². The first-order valence-corrected chi connectivity index (χ1v) is 7.45. The average molecular weight is 341 g/mol. The Morgan fingerprint density at radius 2 is 2.21 bits per heavy atom. The first-order chi connectivity index (χ1) is 6.65. The molecule has 0 saturated carbocycles. The van der Waals surface area contributed by atoms with Gasteiger partial charge in [-0.2, -0.15) is 0 Å². The number of thiophene rings is 1. The summed E-state index contributed by atoms with van der Waals surface area (Å²) in [4.78, 5) is 1.37. The predicted octanol–water partition coefficient (Wildman–Crippen LogP) is 4.02. The zero-order valence-electron chi connectivity index (χ0n) is 8.39. The monoisotopic (exact) mass is 339 g/mol. The van der Waals surface area contributed by atoms with Crippen LogP contribution in [0.2, 0.25) is 0 Å². The van der Waals surface area contributed by atoms with Crippen LogP contribution in [0.1, 0.15) is 18.7 Å². The van der Waals surface area contributed by atoms with Crippen molar-refractivity contribution in [3.8, 4) is 0 Å². The fourth-order valence-electron chi connectivity index (χ4n) is 1.04. The van der Waals surface area contributed by atoms with Gasteiger partial charge in [0.05, 0.1) is 0 Å². The van der Waals surface area contributed by atoms with Crippen molar-refractivity contribution in [3.05, 3.63) is 20.8 Å². The van der Waals surface area contributed by atoms with Gasteiger partial charge in [0.1, 0.15) is 0 Å². The summed E-state index contributed by atoms with van der Waals surface area (Å²) >= 11 is 8.82. The molecule has 0 aliphatic carbocycles. The van der Waals surface area contributed by atoms with Crippen molar-refractivity contribution < 1.29 is 0 Å². The second-order valence-corrected chi connectivity index (χ2v) is 6.00. The van der Waals surface area contributed by atoms with E-state index in [1.165, 1.54) is 9.35 Å². The lowest BCUT2D eigenvalue weighted by atomic mass is 10.1. The highest BCUT2D eigenvalue weighted by Gasteiger charge is 2.10. The van der Waals surface area contributed by atoms with E-state index < -0.39 is 0 Å². The number of hydrogen-bond acceptors (Lipinski definition) is 2. The van der Waals surface area contributed by atoms with E-state index in [0.717, 1.165) is 11.9 Å². The molecule has 0 radical (unpaired) electrons. The number of nitrogens with one attached hydrogen (secondary N) is 1. The van der Waals surface area contributed by atoms with Gasteiger partial charge in [-0.05, 0) is 40.2 Å². The lowest BCUT2D eigenvalue weighted by Gasteiger charge is -2.18. The predicted molar refractivity (Wildman–Crippen MR) is 71.3 cm³/mol. The van der Waals surface area contributed by atoms with Crippen LogP contribution in [-0.4, -0.2) is 11.4 Å². The zero-order valence-corrected chi connectivity index (χ0v) is 12.4. The molecule has 14 heavy (non-hydrogen) atoms. The molecule has 1 heterocycles. The number of rotatable bonds is 5. The van der Waals surface area contributed by atoms with E-state index in [1.54, 1.807) is 11.3 Å². The molecule has 0 amide bonds. The standard InChI is InChI=1S/C10H15Br2NS/c1-7(5-11)8(2)13-6-10-9(12)3-4-14-10/h3-4,7-8,13H,5-6H2,1-2H3. The Kier molecular flexibility index (Phi) is 5.67. The van der Waals surface area contributed by atoms with E-state index in [4.69, 9.17) is 0 Å². The van der Waals surface area contributed by atoms with Crippen LogP contribution < -0.4 is 5.32 Å². The molecule has 4 heteroatoms. The van der Waals surface area contributed by atoms with Crippen LogP contribution in [0.3, 0.4) is 0 Å². The number of alkyl halides is 1. The summed E-state index contributed by atoms with van der Waals surface area (Å²) in [6, 6.07) is 2.64. The highest BCUT2D eigenvalue weighted by atomic mass is 79.9. The van der Waals surface area contributed by atoms with Crippen LogP contribution in [0.25, 0.3) is 0 Å². The van der Waals surface area contributed by atoms with Gasteiger partial charge in [-0.25, -0.2) is 0 Å². The van der Waals surface area contributed by atoms with Crippen molar-refractivity contribution >= 4 is 43.2 Å². The molecule has 0 fully saturated rings. The van der Waals surface area contributed by atoms with Gasteiger partial charge in [0.2, 0.25) is 0 Å². The third kappa shape index (κ3) is 3.65. The van der Waals surface area contributed by atoms with Gasteiger partial charge in [-0.3, -0.25) is 0 Å². The fourth-order valence-corrected chi connectivity index (χ4v) is 3.04. The third-order valence-electron chi connectivity index (χ3n) is 2.37. The molecule has 0 bridgehead atoms. The number of hydrogen-bond donors (Lipinski definition) is 1. The molecule has 1 aromatic heterocycles. The number of halogens is 2. The lowest BCUT2D eigenvalue weighted by molar-refractivity contribution is 0.434. The van der Waals surface area contributed by atoms with E-state index in [9.17, 15) is 0 Å². The summed E-state index contributed by atoms with van der Waals surface area (Å²) in [5.74, 6) is 0.661. The lowest BCUT2D eigenvalue weighted by Crippen LogP contribution is -2.32. The fraction of sp³-hybridized carbons (Fsp3) is 0.600. The van der Waals surface area contributed by atoms with Crippen molar-refractivity contribution in [2.75, 3.05) is 5.33 Å². The quantitative estimate of drug-likeness (QED) is 0.798. The van der Waals surface area contributed by atoms with Gasteiger partial charge in [0, 0.05) is 27.3 Å². The minimum Gasteiger partial charge on any atom is -0.309 e. The highest BCUT2D eigenvalue weighted by molar-refractivity contribution is 9.10. The van der Waals surface area contributed by atoms with Crippen LogP contribution in [0.4, 0.5) is 0 Å². The van der Waals surface area contributed by atoms with Crippen molar-refractivity contribution in [1.82, 2.24) is 5.32 Å². The first-order valence-electron chi connectivity index (χ1n) is 4.66. The molecular formula is C10H15Br2NS. The molecule has 1 aromatic rings. The highest BCUT2D eigenvalue weighted by Crippen LogP contribution is 2.22. The molecule has 1 nitrogen and oxygen atoms in total. The molecule has 1 rings (SSSR count). The SMILES string of the molecule is CC(CBr)C(C)NCc1sccc1Br. The molecule has 2 unspecified atom stereocenters. The first kappa shape index (κ1) is 12.7. The van der Waals surface area contributed by atoms with Gasteiger partial charge in [-0.15, -0.1) is 11.3 Å². The van der Waals surface area contributed by atoms with Crippen LogP contribution >= 0.6 is 43.2 Å². The van der Waals surface area contributed by atoms with Crippen molar-refractivity contribution in [1.29, 1.82) is 0 Å². The van der Waals surface area contributed by atoms with Crippen LogP contribution in [-0.2, 0) is 6.54 Å². The molecule has 0 aliphatic rings. The molecule has 0 saturated heterocycles. The molecule has 0 aliphatic heterocycles. The Bertz CT molecular complexity index is 275. The second kappa shape index (κ2) is 6.26. The van der Waals surface area contributed by atoms with Gasteiger partial charge < -0.3 is 5.32 Å². The van der Waals surface area contributed by atoms with Crippen LogP contribution in [0.15, 0.2) is 15.9 Å². The van der Waals surface area contributed by atoms with Gasteiger partial charge in [-0.1, -0.05) is 22.9 Å². The van der Waals surface area contributed by atoms with Crippen LogP contribution in [0, 0.1) is 5.92 Å². The Morgan fingerprint density at radius 1 is 1.50 bits per heavy atom. The normalized spacial score (nSPS) is 15.4. The molecule has 0 spiro atoms. The summed E-state index contributed by atoms with van der Waals surface area (Å²) in [5, 5.41) is 6.69. The second-order valence-electron chi connectivity index (χ2n) is 3.49. The summed E-state index contributed by atoms with van der Waals surface area (Å²) < 4.78 is 1.22. The maximum Gasteiger partial charge on any atom is 0.0327 e. The van der Waals surface area contributed by atoms with Crippen molar-refractivity contribution in [2.45, 2.75) is 26.4 Å². The topological polar surface area (TPSA) is 12.0 Å². The van der Waals surface area contributed by atoms with Gasteiger partial charge in [0.25, 0.3) is 0 Å². The van der Waals surface area contributed by atoms with Crippen molar-refractivity contribution in [3.63, 3.8) is 0 Å². The largest absolute Gasteiger partial charge is 0.309 e. The maximum absolute atomic E-state index is 3.53. The van der Waals surface area contributed by atoms with E-state index in [2.05, 4.69) is 62.5 Å². The molecule has 80 valence electrons. The Morgan fingerprint density at radius 3 is 2.71 bits per heavy atom. The van der Waals surface area contributed by atoms with Crippen LogP contribution in [0.5, 0.6) is 0 Å². The van der Waals surface area contributed by atoms with Gasteiger partial charge in [0.15, 0.2) is 0 Å². The minimum absolute atomic E-state index is 0.545. The average Bonchev–Trinajstić information content (AvgIpc) is 2.59. The molecular weight excluding hydrogens is 326 g/mol. The third-order valence-corrected chi connectivity index (χ3v) is 5.32. The van der Waals surface area contributed by atoms with Gasteiger partial charge >= 0.3 is 0 Å². The Hall–Kier alpha value is 0.620. The summed E-state index contributed by atoms with van der Waals surface area (Å²) in [5.41, 5.74) is 0. The summed E-state index contributed by atoms with van der Waals surface area (Å²) in [7, 11) is 0. The summed E-state index contributed by atoms with van der Waals surface area (Å²) in [6.07, 6.45) is 0. The zero-order chi connectivity index (χ0) is 10.6. The maximum atomic E-state index is 3.53. The minimum atomic E-state index is 0.545. The summed E-state index contributed by atoms with van der Waals surface area (Å²) in [6.45, 7) is 5.43. The van der Waals surface area contributed by atoms with E-state index in [0.29, 0.717) is 12.0 Å². The van der Waals surface area contributed by atoms with E-state index in [1.807, 2.05) is 0 Å². The smallest absolute Gasteiger partial charge is 0.0327 e. The molecule has 2 atom stereocenters. The Balaban J connectivity index is 2.37.